The van der Waals surface area contributed by atoms with Gasteiger partial charge in [-0.1, -0.05) is 38.4 Å². The molecule has 3 heteroatoms. The molecule has 1 fully saturated rings. The van der Waals surface area contributed by atoms with E-state index in [9.17, 15) is 0 Å². The highest BCUT2D eigenvalue weighted by Gasteiger charge is 2.28. The van der Waals surface area contributed by atoms with Crippen molar-refractivity contribution < 1.29 is 0 Å². The van der Waals surface area contributed by atoms with E-state index in [0.717, 1.165) is 36.0 Å². The van der Waals surface area contributed by atoms with E-state index in [1.165, 1.54) is 18.5 Å². The number of benzene rings is 1. The smallest absolute Gasteiger partial charge is 0.0459 e. The van der Waals surface area contributed by atoms with Crippen molar-refractivity contribution in [2.45, 2.75) is 40.0 Å². The van der Waals surface area contributed by atoms with Crippen LogP contribution in [0.3, 0.4) is 0 Å². The largest absolute Gasteiger partial charge is 0.371 e. The molecule has 0 amide bonds. The lowest BCUT2D eigenvalue weighted by Crippen LogP contribution is -2.38. The van der Waals surface area contributed by atoms with Crippen molar-refractivity contribution in [3.63, 3.8) is 0 Å². The molecule has 1 aliphatic heterocycles. The fourth-order valence-electron chi connectivity index (χ4n) is 3.09. The molecule has 1 saturated heterocycles. The number of nitrogens with two attached hydrogens (primary N) is 1. The van der Waals surface area contributed by atoms with Crippen LogP contribution in [-0.2, 0) is 6.42 Å². The summed E-state index contributed by atoms with van der Waals surface area (Å²) in [5.41, 5.74) is 8.43. The quantitative estimate of drug-likeness (QED) is 0.909. The fourth-order valence-corrected chi connectivity index (χ4v) is 3.36. The summed E-state index contributed by atoms with van der Waals surface area (Å²) in [7, 11) is 0. The predicted octanol–water partition coefficient (Wildman–Crippen LogP) is 4.10. The first-order valence-electron chi connectivity index (χ1n) is 7.65. The van der Waals surface area contributed by atoms with E-state index in [2.05, 4.69) is 43.9 Å². The number of anilines is 1. The molecule has 0 unspecified atom stereocenters. The van der Waals surface area contributed by atoms with Gasteiger partial charge in [0.25, 0.3) is 0 Å². The molecule has 1 heterocycles. The normalized spacial score (nSPS) is 17.6. The van der Waals surface area contributed by atoms with Crippen molar-refractivity contribution in [2.75, 3.05) is 24.5 Å². The molecule has 112 valence electrons. The third-order valence-electron chi connectivity index (χ3n) is 4.54. The number of nitrogens with zero attached hydrogens (tertiary/aromatic N) is 1. The predicted molar refractivity (Wildman–Crippen MR) is 88.6 cm³/mol. The highest BCUT2D eigenvalue weighted by Crippen LogP contribution is 2.36. The van der Waals surface area contributed by atoms with Gasteiger partial charge in [0.2, 0.25) is 0 Å². The Labute approximate surface area is 128 Å². The van der Waals surface area contributed by atoms with Gasteiger partial charge in [-0.25, -0.2) is 0 Å². The van der Waals surface area contributed by atoms with Crippen LogP contribution in [0.1, 0.15) is 39.2 Å². The lowest BCUT2D eigenvalue weighted by molar-refractivity contribution is 0.199. The summed E-state index contributed by atoms with van der Waals surface area (Å²) in [6.45, 7) is 9.97. The van der Waals surface area contributed by atoms with E-state index < -0.39 is 0 Å². The van der Waals surface area contributed by atoms with Gasteiger partial charge in [-0.05, 0) is 54.8 Å². The van der Waals surface area contributed by atoms with Crippen LogP contribution in [-0.4, -0.2) is 19.6 Å². The summed E-state index contributed by atoms with van der Waals surface area (Å²) in [6, 6.07) is 6.42. The van der Waals surface area contributed by atoms with Crippen LogP contribution in [0.25, 0.3) is 0 Å². The van der Waals surface area contributed by atoms with Crippen LogP contribution in [0, 0.1) is 11.3 Å². The van der Waals surface area contributed by atoms with Crippen LogP contribution in [0.4, 0.5) is 5.69 Å². The Morgan fingerprint density at radius 3 is 2.40 bits per heavy atom. The van der Waals surface area contributed by atoms with Crippen molar-refractivity contribution in [3.8, 4) is 0 Å². The standard InChI is InChI=1S/C17H27ClN2/c1-17(2,3)14-7-10-20(11-8-14)15-5-4-13(6-9-19)16(18)12-15/h4-5,12,14H,6-11,19H2,1-3H3. The van der Waals surface area contributed by atoms with Gasteiger partial charge in [0.1, 0.15) is 0 Å². The lowest BCUT2D eigenvalue weighted by atomic mass is 9.75. The molecular formula is C17H27ClN2. The maximum Gasteiger partial charge on any atom is 0.0459 e. The second kappa shape index (κ2) is 6.36. The van der Waals surface area contributed by atoms with Crippen LogP contribution < -0.4 is 10.6 Å². The molecule has 0 aliphatic carbocycles. The first-order chi connectivity index (χ1) is 9.41. The average Bonchev–Trinajstić information content (AvgIpc) is 2.40. The zero-order valence-electron chi connectivity index (χ0n) is 13.0. The van der Waals surface area contributed by atoms with Crippen molar-refractivity contribution in [3.05, 3.63) is 28.8 Å². The second-order valence-corrected chi connectivity index (χ2v) is 7.35. The van der Waals surface area contributed by atoms with Crippen LogP contribution in [0.2, 0.25) is 5.02 Å². The van der Waals surface area contributed by atoms with Gasteiger partial charge in [0, 0.05) is 23.8 Å². The number of rotatable bonds is 3. The lowest BCUT2D eigenvalue weighted by Gasteiger charge is -2.39. The summed E-state index contributed by atoms with van der Waals surface area (Å²) in [6.07, 6.45) is 3.39. The SMILES string of the molecule is CC(C)(C)C1CCN(c2ccc(CCN)c(Cl)c2)CC1. The van der Waals surface area contributed by atoms with Crippen molar-refractivity contribution in [2.24, 2.45) is 17.1 Å². The molecule has 1 aromatic rings. The monoisotopic (exact) mass is 294 g/mol. The Balaban J connectivity index is 2.02. The van der Waals surface area contributed by atoms with Crippen LogP contribution in [0.5, 0.6) is 0 Å². The average molecular weight is 295 g/mol. The summed E-state index contributed by atoms with van der Waals surface area (Å²) in [5, 5.41) is 0.853. The van der Waals surface area contributed by atoms with Gasteiger partial charge in [-0.2, -0.15) is 0 Å². The molecule has 0 atom stereocenters. The van der Waals surface area contributed by atoms with Gasteiger partial charge in [0.15, 0.2) is 0 Å². The molecule has 0 radical (unpaired) electrons. The van der Waals surface area contributed by atoms with E-state index in [0.29, 0.717) is 12.0 Å². The van der Waals surface area contributed by atoms with Crippen LogP contribution in [0.15, 0.2) is 18.2 Å². The zero-order valence-corrected chi connectivity index (χ0v) is 13.7. The first kappa shape index (κ1) is 15.7. The summed E-state index contributed by atoms with van der Waals surface area (Å²) >= 11 is 6.35. The molecule has 2 N–H and O–H groups in total. The maximum absolute atomic E-state index is 6.35. The molecule has 20 heavy (non-hydrogen) atoms. The first-order valence-corrected chi connectivity index (χ1v) is 8.03. The third-order valence-corrected chi connectivity index (χ3v) is 4.89. The summed E-state index contributed by atoms with van der Waals surface area (Å²) < 4.78 is 0. The Morgan fingerprint density at radius 1 is 1.25 bits per heavy atom. The molecule has 1 aromatic carbocycles. The Kier molecular flexibility index (Phi) is 4.98. The van der Waals surface area contributed by atoms with E-state index in [1.807, 2.05) is 0 Å². The van der Waals surface area contributed by atoms with E-state index in [4.69, 9.17) is 17.3 Å². The molecular weight excluding hydrogens is 268 g/mol. The molecule has 2 rings (SSSR count). The maximum atomic E-state index is 6.35. The Bertz CT molecular complexity index is 443. The Morgan fingerprint density at radius 2 is 1.90 bits per heavy atom. The number of halogens is 1. The van der Waals surface area contributed by atoms with Crippen molar-refractivity contribution in [1.82, 2.24) is 0 Å². The third kappa shape index (κ3) is 3.67. The van der Waals surface area contributed by atoms with E-state index >= 15 is 0 Å². The minimum atomic E-state index is 0.425. The van der Waals surface area contributed by atoms with E-state index in [1.54, 1.807) is 0 Å². The molecule has 0 saturated carbocycles. The van der Waals surface area contributed by atoms with Gasteiger partial charge in [-0.3, -0.25) is 0 Å². The molecule has 0 aromatic heterocycles. The highest BCUT2D eigenvalue weighted by molar-refractivity contribution is 6.31. The number of piperidine rings is 1. The second-order valence-electron chi connectivity index (χ2n) is 6.94. The topological polar surface area (TPSA) is 29.3 Å². The summed E-state index contributed by atoms with van der Waals surface area (Å²) in [5.74, 6) is 0.825. The molecule has 1 aliphatic rings. The van der Waals surface area contributed by atoms with Crippen LogP contribution >= 0.6 is 11.6 Å². The number of hydrogen-bond acceptors (Lipinski definition) is 2. The molecule has 0 spiro atoms. The molecule has 0 bridgehead atoms. The van der Waals surface area contributed by atoms with Gasteiger partial charge < -0.3 is 10.6 Å². The van der Waals surface area contributed by atoms with Gasteiger partial charge in [-0.15, -0.1) is 0 Å². The van der Waals surface area contributed by atoms with Crippen molar-refractivity contribution >= 4 is 17.3 Å². The minimum absolute atomic E-state index is 0.425. The highest BCUT2D eigenvalue weighted by atomic mass is 35.5. The van der Waals surface area contributed by atoms with Gasteiger partial charge >= 0.3 is 0 Å². The molecule has 2 nitrogen and oxygen atoms in total. The fraction of sp³-hybridized carbons (Fsp3) is 0.647. The van der Waals surface area contributed by atoms with Gasteiger partial charge in [0.05, 0.1) is 0 Å². The number of hydrogen-bond donors (Lipinski definition) is 1. The Hall–Kier alpha value is -0.730. The summed E-state index contributed by atoms with van der Waals surface area (Å²) in [4.78, 5) is 2.46. The van der Waals surface area contributed by atoms with Crippen molar-refractivity contribution in [1.29, 1.82) is 0 Å². The van der Waals surface area contributed by atoms with E-state index in [-0.39, 0.29) is 0 Å². The minimum Gasteiger partial charge on any atom is -0.371 e. The zero-order chi connectivity index (χ0) is 14.8.